The van der Waals surface area contributed by atoms with Gasteiger partial charge < -0.3 is 14.6 Å². The Balaban J connectivity index is -0.0000000800. The van der Waals surface area contributed by atoms with Gasteiger partial charge in [0, 0.05) is 10.4 Å². The smallest absolute Gasteiger partial charge is 0.759 e. The molecule has 0 aliphatic carbocycles. The average Bonchev–Trinajstić information content (AvgIpc) is 0.722. The van der Waals surface area contributed by atoms with Crippen molar-refractivity contribution in [3.8, 4) is 0 Å². The zero-order chi connectivity index (χ0) is 4.50. The molecular weight excluding hydrogens is 167 g/mol. The summed E-state index contributed by atoms with van der Waals surface area (Å²) in [5.74, 6) is 0. The number of hydrogen-bond donors (Lipinski definition) is 0. The Morgan fingerprint density at radius 2 is 1.14 bits per heavy atom. The third-order valence-corrected chi connectivity index (χ3v) is 0. The van der Waals surface area contributed by atoms with E-state index in [2.05, 4.69) is 0 Å². The summed E-state index contributed by atoms with van der Waals surface area (Å²) in [4.78, 5) is 0. The molecule has 0 aliphatic rings. The molecule has 44 valence electrons. The van der Waals surface area contributed by atoms with Crippen molar-refractivity contribution in [3.05, 3.63) is 0 Å². The van der Waals surface area contributed by atoms with Crippen molar-refractivity contribution in [1.82, 2.24) is 0 Å². The summed E-state index contributed by atoms with van der Waals surface area (Å²) in [6.07, 6.45) is 0. The van der Waals surface area contributed by atoms with Crippen molar-refractivity contribution < 1.29 is 40.1 Å². The molecule has 0 saturated carbocycles. The van der Waals surface area contributed by atoms with E-state index in [0.29, 0.717) is 0 Å². The second kappa shape index (κ2) is 4.51. The molecule has 0 amide bonds. The fourth-order valence-electron chi connectivity index (χ4n) is 0. The topological polar surface area (TPSA) is 112 Å². The van der Waals surface area contributed by atoms with Crippen molar-refractivity contribution in [3.63, 3.8) is 0 Å². The summed E-state index contributed by atoms with van der Waals surface area (Å²) in [6.45, 7) is 0. The first-order valence-electron chi connectivity index (χ1n) is 0.667. The maximum atomic E-state index is 8.52. The van der Waals surface area contributed by atoms with Gasteiger partial charge in [-0.3, -0.25) is 8.42 Å². The molecule has 0 saturated heterocycles. The monoisotopic (exact) mass is 169 g/mol. The first kappa shape index (κ1) is 15.7. The molecule has 0 fully saturated rings. The van der Waals surface area contributed by atoms with Gasteiger partial charge in [-0.05, 0) is 0 Å². The van der Waals surface area contributed by atoms with Crippen LogP contribution in [-0.2, 0) is 27.5 Å². The van der Waals surface area contributed by atoms with Gasteiger partial charge in [0.25, 0.3) is 0 Å². The minimum absolute atomic E-state index is 0. The molecule has 0 atom stereocenters. The zero-order valence-corrected chi connectivity index (χ0v) is 4.92. The van der Waals surface area contributed by atoms with Gasteiger partial charge in [0.2, 0.25) is 0 Å². The molecule has 7 heteroatoms. The average molecular weight is 169 g/mol. The molecule has 0 bridgehead atoms. The summed E-state index contributed by atoms with van der Waals surface area (Å²) >= 11 is 0. The molecule has 7 heavy (non-hydrogen) atoms. The SMILES string of the molecule is O.O=S(=O)([O-])[O-].[Mn+3]. The summed E-state index contributed by atoms with van der Waals surface area (Å²) in [7, 11) is -5.17. The molecule has 0 heterocycles. The van der Waals surface area contributed by atoms with Crippen LogP contribution in [0.25, 0.3) is 0 Å². The molecule has 0 radical (unpaired) electrons. The Kier molecular flexibility index (Phi) is 10.1. The number of hydrogen-bond acceptors (Lipinski definition) is 4. The van der Waals surface area contributed by atoms with Crippen molar-refractivity contribution >= 4 is 10.4 Å². The molecule has 0 aromatic rings. The van der Waals surface area contributed by atoms with Gasteiger partial charge >= 0.3 is 17.1 Å². The van der Waals surface area contributed by atoms with Gasteiger partial charge in [-0.25, -0.2) is 0 Å². The van der Waals surface area contributed by atoms with Crippen LogP contribution in [0, 0.1) is 0 Å². The van der Waals surface area contributed by atoms with E-state index in [9.17, 15) is 0 Å². The summed E-state index contributed by atoms with van der Waals surface area (Å²) in [5, 5.41) is 0. The van der Waals surface area contributed by atoms with Gasteiger partial charge in [0.1, 0.15) is 0 Å². The molecule has 0 unspecified atom stereocenters. The predicted octanol–water partition coefficient (Wildman–Crippen LogP) is -2.17. The summed E-state index contributed by atoms with van der Waals surface area (Å²) in [5.41, 5.74) is 0. The van der Waals surface area contributed by atoms with Crippen molar-refractivity contribution in [2.45, 2.75) is 0 Å². The summed E-state index contributed by atoms with van der Waals surface area (Å²) < 4.78 is 34.1. The van der Waals surface area contributed by atoms with Gasteiger partial charge in [-0.15, -0.1) is 0 Å². The molecule has 0 spiro atoms. The third kappa shape index (κ3) is 983. The van der Waals surface area contributed by atoms with Crippen LogP contribution in [0.3, 0.4) is 0 Å². The maximum Gasteiger partial charge on any atom is 3.00 e. The van der Waals surface area contributed by atoms with E-state index >= 15 is 0 Å². The Labute approximate surface area is 51.1 Å². The van der Waals surface area contributed by atoms with Crippen LogP contribution in [0.5, 0.6) is 0 Å². The largest absolute Gasteiger partial charge is 3.00 e. The van der Waals surface area contributed by atoms with Crippen LogP contribution in [0.4, 0.5) is 0 Å². The normalized spacial score (nSPS) is 8.29. The van der Waals surface area contributed by atoms with Crippen LogP contribution in [0.15, 0.2) is 0 Å². The van der Waals surface area contributed by atoms with Crippen LogP contribution >= 0.6 is 0 Å². The van der Waals surface area contributed by atoms with Gasteiger partial charge in [0.05, 0.1) is 0 Å². The van der Waals surface area contributed by atoms with E-state index in [0.717, 1.165) is 0 Å². The predicted molar refractivity (Wildman–Crippen MR) is 14.1 cm³/mol. The standard InChI is InChI=1S/Mn.H2O4S.H2O/c;1-5(2,3)4;/h;(H2,1,2,3,4);1H2/q+3;;/p-2. The van der Waals surface area contributed by atoms with Crippen LogP contribution in [0.2, 0.25) is 0 Å². The first-order valence-corrected chi connectivity index (χ1v) is 2.00. The Morgan fingerprint density at radius 1 is 1.14 bits per heavy atom. The molecule has 2 N–H and O–H groups in total. The van der Waals surface area contributed by atoms with Crippen molar-refractivity contribution in [2.75, 3.05) is 0 Å². The number of rotatable bonds is 0. The Morgan fingerprint density at radius 3 is 1.14 bits per heavy atom. The third-order valence-electron chi connectivity index (χ3n) is 0. The van der Waals surface area contributed by atoms with Crippen LogP contribution in [-0.4, -0.2) is 23.0 Å². The van der Waals surface area contributed by atoms with E-state index < -0.39 is 10.4 Å². The Bertz CT molecular complexity index is 91.2. The van der Waals surface area contributed by atoms with E-state index in [1.165, 1.54) is 0 Å². The quantitative estimate of drug-likeness (QED) is 0.233. The van der Waals surface area contributed by atoms with Gasteiger partial charge in [-0.2, -0.15) is 0 Å². The van der Waals surface area contributed by atoms with E-state index in [1.54, 1.807) is 0 Å². The Hall–Kier alpha value is 0.349. The van der Waals surface area contributed by atoms with E-state index in [4.69, 9.17) is 17.5 Å². The van der Waals surface area contributed by atoms with Crippen LogP contribution in [0.1, 0.15) is 0 Å². The first-order chi connectivity index (χ1) is 2.00. The molecule has 5 nitrogen and oxygen atoms in total. The summed E-state index contributed by atoms with van der Waals surface area (Å²) in [6, 6.07) is 0. The van der Waals surface area contributed by atoms with Crippen LogP contribution < -0.4 is 0 Å². The van der Waals surface area contributed by atoms with Crippen molar-refractivity contribution in [2.24, 2.45) is 0 Å². The molecular formula is H2MnO5S+. The van der Waals surface area contributed by atoms with Gasteiger partial charge in [0.15, 0.2) is 0 Å². The second-order valence-corrected chi connectivity index (χ2v) is 1.22. The van der Waals surface area contributed by atoms with Crippen molar-refractivity contribution in [1.29, 1.82) is 0 Å². The maximum absolute atomic E-state index is 8.52. The van der Waals surface area contributed by atoms with E-state index in [1.807, 2.05) is 0 Å². The fraction of sp³-hybridized carbons (Fsp3) is 0. The minimum atomic E-state index is -5.17. The molecule has 0 aromatic heterocycles. The molecule has 0 rings (SSSR count). The zero-order valence-electron chi connectivity index (χ0n) is 2.92. The molecule has 0 aliphatic heterocycles. The minimum Gasteiger partial charge on any atom is -0.759 e. The molecule has 0 aromatic carbocycles. The van der Waals surface area contributed by atoms with E-state index in [-0.39, 0.29) is 22.5 Å². The van der Waals surface area contributed by atoms with Gasteiger partial charge in [-0.1, -0.05) is 0 Å². The second-order valence-electron chi connectivity index (χ2n) is 0.408. The fourth-order valence-corrected chi connectivity index (χ4v) is 0.